The Morgan fingerprint density at radius 3 is 2.04 bits per heavy atom. The van der Waals surface area contributed by atoms with Crippen LogP contribution >= 0.6 is 0 Å². The Morgan fingerprint density at radius 1 is 0.750 bits per heavy atom. The van der Waals surface area contributed by atoms with Gasteiger partial charge in [0, 0.05) is 5.69 Å². The van der Waals surface area contributed by atoms with Crippen molar-refractivity contribution in [3.05, 3.63) is 83.9 Å². The number of ether oxygens (including phenoxy) is 1. The molecule has 4 heteroatoms. The van der Waals surface area contributed by atoms with Crippen molar-refractivity contribution in [2.45, 2.75) is 0 Å². The van der Waals surface area contributed by atoms with Gasteiger partial charge in [0.2, 0.25) is 0 Å². The summed E-state index contributed by atoms with van der Waals surface area (Å²) in [6.07, 6.45) is 0. The van der Waals surface area contributed by atoms with Gasteiger partial charge in [-0.15, -0.1) is 0 Å². The lowest BCUT2D eigenvalue weighted by Crippen LogP contribution is -1.99. The predicted octanol–water partition coefficient (Wildman–Crippen LogP) is 4.97. The summed E-state index contributed by atoms with van der Waals surface area (Å²) in [5, 5.41) is 22.0. The van der Waals surface area contributed by atoms with Gasteiger partial charge in [0.25, 0.3) is 0 Å². The Hall–Kier alpha value is -3.76. The molecule has 0 bridgehead atoms. The molecule has 114 valence electrons. The molecule has 0 atom stereocenters. The zero-order chi connectivity index (χ0) is 16.8. The fourth-order valence-corrected chi connectivity index (χ4v) is 2.27. The monoisotopic (exact) mass is 311 g/mol. The SMILES string of the molecule is N#Cc1ccc(Nc2ccccc2)c(Oc2ccccc2)c1C#N. The second-order valence-corrected chi connectivity index (χ2v) is 4.99. The minimum Gasteiger partial charge on any atom is -0.454 e. The molecule has 0 amide bonds. The van der Waals surface area contributed by atoms with E-state index in [0.717, 1.165) is 5.69 Å². The van der Waals surface area contributed by atoms with E-state index in [9.17, 15) is 10.5 Å². The molecular weight excluding hydrogens is 298 g/mol. The van der Waals surface area contributed by atoms with Gasteiger partial charge in [0.15, 0.2) is 5.75 Å². The van der Waals surface area contributed by atoms with Gasteiger partial charge in [-0.1, -0.05) is 36.4 Å². The first-order valence-corrected chi connectivity index (χ1v) is 7.34. The van der Waals surface area contributed by atoms with E-state index >= 15 is 0 Å². The normalized spacial score (nSPS) is 9.58. The van der Waals surface area contributed by atoms with Crippen LogP contribution in [0.3, 0.4) is 0 Å². The van der Waals surface area contributed by atoms with Crippen molar-refractivity contribution >= 4 is 11.4 Å². The highest BCUT2D eigenvalue weighted by Gasteiger charge is 2.16. The van der Waals surface area contributed by atoms with Gasteiger partial charge in [-0.05, 0) is 36.4 Å². The summed E-state index contributed by atoms with van der Waals surface area (Å²) in [5.41, 5.74) is 1.98. The minimum absolute atomic E-state index is 0.210. The number of para-hydroxylation sites is 2. The van der Waals surface area contributed by atoms with E-state index in [1.54, 1.807) is 24.3 Å². The van der Waals surface area contributed by atoms with Crippen LogP contribution in [0.4, 0.5) is 11.4 Å². The zero-order valence-corrected chi connectivity index (χ0v) is 12.7. The van der Waals surface area contributed by atoms with E-state index in [1.807, 2.05) is 54.6 Å². The molecule has 0 aliphatic rings. The Labute approximate surface area is 140 Å². The van der Waals surface area contributed by atoms with Crippen LogP contribution < -0.4 is 10.1 Å². The first-order valence-electron chi connectivity index (χ1n) is 7.34. The maximum Gasteiger partial charge on any atom is 0.169 e. The van der Waals surface area contributed by atoms with Gasteiger partial charge in [-0.3, -0.25) is 0 Å². The van der Waals surface area contributed by atoms with E-state index in [0.29, 0.717) is 17.2 Å². The number of nitrogens with zero attached hydrogens (tertiary/aromatic N) is 2. The summed E-state index contributed by atoms with van der Waals surface area (Å²) in [5.74, 6) is 0.937. The second-order valence-electron chi connectivity index (χ2n) is 4.99. The molecule has 0 heterocycles. The molecule has 4 nitrogen and oxygen atoms in total. The lowest BCUT2D eigenvalue weighted by atomic mass is 10.1. The van der Waals surface area contributed by atoms with Crippen molar-refractivity contribution in [1.82, 2.24) is 0 Å². The van der Waals surface area contributed by atoms with Crippen LogP contribution in [-0.4, -0.2) is 0 Å². The summed E-state index contributed by atoms with van der Waals surface area (Å²) < 4.78 is 5.91. The maximum atomic E-state index is 9.49. The van der Waals surface area contributed by atoms with Gasteiger partial charge in [-0.25, -0.2) is 0 Å². The first-order chi connectivity index (χ1) is 11.8. The number of benzene rings is 3. The Morgan fingerprint density at radius 2 is 1.42 bits per heavy atom. The van der Waals surface area contributed by atoms with Gasteiger partial charge in [-0.2, -0.15) is 10.5 Å². The fourth-order valence-electron chi connectivity index (χ4n) is 2.27. The lowest BCUT2D eigenvalue weighted by Gasteiger charge is -2.15. The number of hydrogen-bond acceptors (Lipinski definition) is 4. The number of nitriles is 2. The summed E-state index contributed by atoms with van der Waals surface area (Å²) >= 11 is 0. The number of rotatable bonds is 4. The van der Waals surface area contributed by atoms with E-state index in [2.05, 4.69) is 11.4 Å². The van der Waals surface area contributed by atoms with Gasteiger partial charge in [0.05, 0.1) is 11.3 Å². The lowest BCUT2D eigenvalue weighted by molar-refractivity contribution is 0.483. The number of anilines is 2. The van der Waals surface area contributed by atoms with E-state index in [1.165, 1.54) is 0 Å². The first kappa shape index (κ1) is 15.1. The third-order valence-corrected chi connectivity index (χ3v) is 3.41. The van der Waals surface area contributed by atoms with Crippen molar-refractivity contribution < 1.29 is 4.74 Å². The molecule has 3 aromatic rings. The fraction of sp³-hybridized carbons (Fsp3) is 0. The van der Waals surface area contributed by atoms with Crippen LogP contribution in [0.25, 0.3) is 0 Å². The Bertz CT molecular complexity index is 923. The molecule has 1 N–H and O–H groups in total. The molecule has 24 heavy (non-hydrogen) atoms. The highest BCUT2D eigenvalue weighted by molar-refractivity contribution is 5.73. The highest BCUT2D eigenvalue weighted by Crippen LogP contribution is 2.36. The number of nitrogens with one attached hydrogen (secondary N) is 1. The van der Waals surface area contributed by atoms with Crippen LogP contribution in [0.15, 0.2) is 72.8 Å². The van der Waals surface area contributed by atoms with Crippen LogP contribution in [-0.2, 0) is 0 Å². The zero-order valence-electron chi connectivity index (χ0n) is 12.7. The van der Waals surface area contributed by atoms with Gasteiger partial charge >= 0.3 is 0 Å². The van der Waals surface area contributed by atoms with Crippen molar-refractivity contribution in [3.8, 4) is 23.6 Å². The van der Waals surface area contributed by atoms with Crippen LogP contribution in [0.1, 0.15) is 11.1 Å². The molecule has 0 spiro atoms. The molecule has 0 aliphatic heterocycles. The molecule has 3 aromatic carbocycles. The molecule has 0 saturated heterocycles. The summed E-state index contributed by atoms with van der Waals surface area (Å²) in [6, 6.07) is 26.2. The molecule has 0 fully saturated rings. The largest absolute Gasteiger partial charge is 0.454 e. The summed E-state index contributed by atoms with van der Waals surface area (Å²) in [6.45, 7) is 0. The molecule has 0 unspecified atom stereocenters. The van der Waals surface area contributed by atoms with E-state index < -0.39 is 0 Å². The third kappa shape index (κ3) is 3.19. The molecule has 0 aliphatic carbocycles. The molecule has 0 saturated carbocycles. The molecule has 3 rings (SSSR count). The maximum absolute atomic E-state index is 9.49. The second kappa shape index (κ2) is 7.00. The standard InChI is InChI=1S/C20H13N3O/c21-13-15-11-12-19(23-16-7-3-1-4-8-16)20(18(15)14-22)24-17-9-5-2-6-10-17/h1-12,23H. The minimum atomic E-state index is 0.210. The Balaban J connectivity index is 2.08. The average molecular weight is 311 g/mol. The smallest absolute Gasteiger partial charge is 0.169 e. The van der Waals surface area contributed by atoms with Gasteiger partial charge < -0.3 is 10.1 Å². The number of hydrogen-bond donors (Lipinski definition) is 1. The van der Waals surface area contributed by atoms with Crippen molar-refractivity contribution in [2.24, 2.45) is 0 Å². The summed E-state index contributed by atoms with van der Waals surface area (Å²) in [4.78, 5) is 0. The van der Waals surface area contributed by atoms with Crippen LogP contribution in [0.2, 0.25) is 0 Å². The average Bonchev–Trinajstić information content (AvgIpc) is 2.64. The van der Waals surface area contributed by atoms with Crippen molar-refractivity contribution in [3.63, 3.8) is 0 Å². The predicted molar refractivity (Wildman–Crippen MR) is 92.1 cm³/mol. The van der Waals surface area contributed by atoms with Gasteiger partial charge in [0.1, 0.15) is 23.5 Å². The van der Waals surface area contributed by atoms with E-state index in [-0.39, 0.29) is 11.1 Å². The Kier molecular flexibility index (Phi) is 4.42. The third-order valence-electron chi connectivity index (χ3n) is 3.41. The molecule has 0 aromatic heterocycles. The van der Waals surface area contributed by atoms with Crippen LogP contribution in [0.5, 0.6) is 11.5 Å². The highest BCUT2D eigenvalue weighted by atomic mass is 16.5. The van der Waals surface area contributed by atoms with Crippen LogP contribution in [0, 0.1) is 22.7 Å². The molecular formula is C20H13N3O. The van der Waals surface area contributed by atoms with E-state index in [4.69, 9.17) is 4.74 Å². The van der Waals surface area contributed by atoms with Crippen molar-refractivity contribution in [2.75, 3.05) is 5.32 Å². The summed E-state index contributed by atoms with van der Waals surface area (Å²) in [7, 11) is 0. The topological polar surface area (TPSA) is 68.8 Å². The molecule has 0 radical (unpaired) electrons. The van der Waals surface area contributed by atoms with Crippen molar-refractivity contribution in [1.29, 1.82) is 10.5 Å². The quantitative estimate of drug-likeness (QED) is 0.739.